The van der Waals surface area contributed by atoms with E-state index in [9.17, 15) is 4.79 Å². The molecule has 0 fully saturated rings. The van der Waals surface area contributed by atoms with Crippen molar-refractivity contribution in [2.45, 2.75) is 52.0 Å². The Morgan fingerprint density at radius 2 is 2.00 bits per heavy atom. The van der Waals surface area contributed by atoms with E-state index in [2.05, 4.69) is 43.7 Å². The van der Waals surface area contributed by atoms with Gasteiger partial charge in [-0.25, -0.2) is 4.98 Å². The van der Waals surface area contributed by atoms with Crippen molar-refractivity contribution in [2.24, 2.45) is 0 Å². The van der Waals surface area contributed by atoms with Gasteiger partial charge < -0.3 is 9.88 Å². The molecule has 4 nitrogen and oxygen atoms in total. The third kappa shape index (κ3) is 1.48. The lowest BCUT2D eigenvalue weighted by atomic mass is 9.77. The Labute approximate surface area is 119 Å². The summed E-state index contributed by atoms with van der Waals surface area (Å²) in [5.74, 6) is 0.236. The van der Waals surface area contributed by atoms with E-state index in [-0.39, 0.29) is 17.4 Å². The maximum Gasteiger partial charge on any atom is 0.237 e. The Kier molecular flexibility index (Phi) is 2.85. The first-order valence-electron chi connectivity index (χ1n) is 7.36. The molecule has 1 amide bonds. The molecule has 0 saturated carbocycles. The van der Waals surface area contributed by atoms with E-state index >= 15 is 0 Å². The number of amides is 1. The van der Waals surface area contributed by atoms with Crippen molar-refractivity contribution in [1.29, 1.82) is 0 Å². The maximum absolute atomic E-state index is 13.0. The molecule has 2 aromatic rings. The zero-order chi connectivity index (χ0) is 14.5. The molecule has 1 aliphatic rings. The Hall–Kier alpha value is -1.84. The van der Waals surface area contributed by atoms with E-state index in [0.29, 0.717) is 0 Å². The van der Waals surface area contributed by atoms with Crippen LogP contribution in [0.1, 0.15) is 46.1 Å². The topological polar surface area (TPSA) is 49.0 Å². The SMILES string of the molecule is CCC1(CC)C(=O)N(C(C)C)c2cc3nc[nH]c3cc21. The summed E-state index contributed by atoms with van der Waals surface area (Å²) in [6, 6.07) is 4.33. The quantitative estimate of drug-likeness (QED) is 0.930. The predicted octanol–water partition coefficient (Wildman–Crippen LogP) is 3.38. The summed E-state index contributed by atoms with van der Waals surface area (Å²) in [6.45, 7) is 8.34. The molecule has 0 atom stereocenters. The maximum atomic E-state index is 13.0. The molecule has 4 heteroatoms. The van der Waals surface area contributed by atoms with Crippen LogP contribution in [-0.2, 0) is 10.2 Å². The number of aromatic amines is 1. The number of hydrogen-bond donors (Lipinski definition) is 1. The normalized spacial score (nSPS) is 17.2. The number of nitrogens with zero attached hydrogens (tertiary/aromatic N) is 2. The van der Waals surface area contributed by atoms with Gasteiger partial charge in [0.15, 0.2) is 0 Å². The molecule has 1 aromatic carbocycles. The van der Waals surface area contributed by atoms with E-state index in [0.717, 1.165) is 35.1 Å². The van der Waals surface area contributed by atoms with E-state index in [4.69, 9.17) is 0 Å². The molecule has 1 N–H and O–H groups in total. The Balaban J connectivity index is 2.32. The van der Waals surface area contributed by atoms with Gasteiger partial charge in [0.2, 0.25) is 5.91 Å². The second-order valence-electron chi connectivity index (χ2n) is 5.85. The summed E-state index contributed by atoms with van der Waals surface area (Å²) in [5, 5.41) is 0. The molecule has 0 radical (unpaired) electrons. The van der Waals surface area contributed by atoms with Crippen molar-refractivity contribution in [3.05, 3.63) is 24.0 Å². The lowest BCUT2D eigenvalue weighted by Gasteiger charge is -2.27. The van der Waals surface area contributed by atoms with Gasteiger partial charge in [0.1, 0.15) is 0 Å². The summed E-state index contributed by atoms with van der Waals surface area (Å²) in [5.41, 5.74) is 3.74. The highest BCUT2D eigenvalue weighted by molar-refractivity contribution is 6.10. The largest absolute Gasteiger partial charge is 0.345 e. The zero-order valence-electron chi connectivity index (χ0n) is 12.5. The Morgan fingerprint density at radius 3 is 2.60 bits per heavy atom. The van der Waals surface area contributed by atoms with Crippen LogP contribution in [0.3, 0.4) is 0 Å². The van der Waals surface area contributed by atoms with Crippen molar-refractivity contribution in [2.75, 3.05) is 4.90 Å². The minimum Gasteiger partial charge on any atom is -0.345 e. The first-order valence-corrected chi connectivity index (χ1v) is 7.36. The van der Waals surface area contributed by atoms with Gasteiger partial charge in [-0.3, -0.25) is 4.79 Å². The van der Waals surface area contributed by atoms with Crippen molar-refractivity contribution >= 4 is 22.6 Å². The molecule has 20 heavy (non-hydrogen) atoms. The highest BCUT2D eigenvalue weighted by Gasteiger charge is 2.49. The molecule has 1 aliphatic heterocycles. The number of carbonyl (C=O) groups is 1. The number of H-pyrrole nitrogens is 1. The molecule has 0 spiro atoms. The number of carbonyl (C=O) groups excluding carboxylic acids is 1. The van der Waals surface area contributed by atoms with Crippen molar-refractivity contribution < 1.29 is 4.79 Å². The molecule has 106 valence electrons. The van der Waals surface area contributed by atoms with Crippen LogP contribution >= 0.6 is 0 Å². The van der Waals surface area contributed by atoms with E-state index in [1.54, 1.807) is 6.33 Å². The number of aromatic nitrogens is 2. The van der Waals surface area contributed by atoms with Crippen LogP contribution in [-0.4, -0.2) is 21.9 Å². The number of anilines is 1. The average molecular weight is 271 g/mol. The molecule has 3 rings (SSSR count). The summed E-state index contributed by atoms with van der Waals surface area (Å²) < 4.78 is 0. The second-order valence-corrected chi connectivity index (χ2v) is 5.85. The lowest BCUT2D eigenvalue weighted by molar-refractivity contribution is -0.123. The molecule has 1 aromatic heterocycles. The highest BCUT2D eigenvalue weighted by atomic mass is 16.2. The second kappa shape index (κ2) is 4.33. The fraction of sp³-hybridized carbons (Fsp3) is 0.500. The first-order chi connectivity index (χ1) is 9.55. The summed E-state index contributed by atoms with van der Waals surface area (Å²) in [7, 11) is 0. The number of hydrogen-bond acceptors (Lipinski definition) is 2. The molecule has 0 saturated heterocycles. The lowest BCUT2D eigenvalue weighted by Crippen LogP contribution is -2.42. The number of nitrogens with one attached hydrogen (secondary N) is 1. The van der Waals surface area contributed by atoms with Gasteiger partial charge >= 0.3 is 0 Å². The van der Waals surface area contributed by atoms with Crippen molar-refractivity contribution in [3.8, 4) is 0 Å². The van der Waals surface area contributed by atoms with Gasteiger partial charge in [-0.2, -0.15) is 0 Å². The predicted molar refractivity (Wildman–Crippen MR) is 81.0 cm³/mol. The van der Waals surface area contributed by atoms with Gasteiger partial charge in [-0.15, -0.1) is 0 Å². The summed E-state index contributed by atoms with van der Waals surface area (Å²) >= 11 is 0. The Morgan fingerprint density at radius 1 is 1.30 bits per heavy atom. The van der Waals surface area contributed by atoms with Crippen molar-refractivity contribution in [1.82, 2.24) is 9.97 Å². The van der Waals surface area contributed by atoms with E-state index < -0.39 is 0 Å². The van der Waals surface area contributed by atoms with Gasteiger partial charge in [-0.1, -0.05) is 13.8 Å². The minimum atomic E-state index is -0.376. The van der Waals surface area contributed by atoms with E-state index in [1.165, 1.54) is 0 Å². The number of benzene rings is 1. The monoisotopic (exact) mass is 271 g/mol. The first kappa shape index (κ1) is 13.2. The van der Waals surface area contributed by atoms with Crippen LogP contribution in [0.4, 0.5) is 5.69 Å². The smallest absolute Gasteiger partial charge is 0.237 e. The molecule has 0 aliphatic carbocycles. The van der Waals surface area contributed by atoms with Crippen molar-refractivity contribution in [3.63, 3.8) is 0 Å². The fourth-order valence-electron chi connectivity index (χ4n) is 3.45. The average Bonchev–Trinajstić information content (AvgIpc) is 2.96. The van der Waals surface area contributed by atoms with Crippen LogP contribution in [0.5, 0.6) is 0 Å². The molecule has 2 heterocycles. The van der Waals surface area contributed by atoms with Gasteiger partial charge in [0, 0.05) is 6.04 Å². The van der Waals surface area contributed by atoms with Crippen LogP contribution in [0.15, 0.2) is 18.5 Å². The van der Waals surface area contributed by atoms with Crippen LogP contribution in [0, 0.1) is 0 Å². The molecular weight excluding hydrogens is 250 g/mol. The van der Waals surface area contributed by atoms with Gasteiger partial charge in [0.25, 0.3) is 0 Å². The molecular formula is C16H21N3O. The van der Waals surface area contributed by atoms with Crippen LogP contribution < -0.4 is 4.90 Å². The molecule has 0 bridgehead atoms. The zero-order valence-corrected chi connectivity index (χ0v) is 12.5. The standard InChI is InChI=1S/C16H21N3O/c1-5-16(6-2)11-7-12-13(18-9-17-12)8-14(11)19(10(3)4)15(16)20/h7-10H,5-6H2,1-4H3,(H,17,18). The summed E-state index contributed by atoms with van der Waals surface area (Å²) in [6.07, 6.45) is 3.37. The molecule has 0 unspecified atom stereocenters. The third-order valence-electron chi connectivity index (χ3n) is 4.66. The summed E-state index contributed by atoms with van der Waals surface area (Å²) in [4.78, 5) is 22.4. The van der Waals surface area contributed by atoms with E-state index in [1.807, 2.05) is 11.0 Å². The number of rotatable bonds is 3. The highest BCUT2D eigenvalue weighted by Crippen LogP contribution is 2.48. The van der Waals surface area contributed by atoms with Gasteiger partial charge in [0.05, 0.1) is 28.5 Å². The minimum absolute atomic E-state index is 0.164. The Bertz CT molecular complexity index is 667. The van der Waals surface area contributed by atoms with Gasteiger partial charge in [-0.05, 0) is 44.4 Å². The number of imidazole rings is 1. The van der Waals surface area contributed by atoms with Crippen LogP contribution in [0.2, 0.25) is 0 Å². The van der Waals surface area contributed by atoms with Crippen LogP contribution in [0.25, 0.3) is 11.0 Å². The fourth-order valence-corrected chi connectivity index (χ4v) is 3.45. The number of fused-ring (bicyclic) bond motifs is 2. The third-order valence-corrected chi connectivity index (χ3v) is 4.66.